The van der Waals surface area contributed by atoms with Gasteiger partial charge < -0.3 is 16.0 Å². The van der Waals surface area contributed by atoms with Crippen LogP contribution in [0.3, 0.4) is 0 Å². The molecule has 3 saturated carbocycles. The van der Waals surface area contributed by atoms with Gasteiger partial charge in [0.1, 0.15) is 11.5 Å². The smallest absolute Gasteiger partial charge is 0.266 e. The zero-order chi connectivity index (χ0) is 30.7. The molecule has 0 radical (unpaired) electrons. The molecular formula is C31H38F4N6O2. The third-order valence-corrected chi connectivity index (χ3v) is 9.28. The van der Waals surface area contributed by atoms with E-state index in [9.17, 15) is 27.2 Å². The van der Waals surface area contributed by atoms with Crippen LogP contribution in [0.25, 0.3) is 11.0 Å². The summed E-state index contributed by atoms with van der Waals surface area (Å²) in [6.45, 7) is 3.78. The van der Waals surface area contributed by atoms with Gasteiger partial charge in [0.05, 0.1) is 28.7 Å². The molecule has 4 N–H and O–H groups in total. The number of nitrogens with one attached hydrogen (secondary N) is 2. The molecule has 2 aromatic heterocycles. The SMILES string of the molecule is CC(C)n1nc([C@@H](c2nc3ccc([C@@H](NC(=O)CC4CC(F)(F)C4)C4CC4)cc3[nH]2)C2CCC(F)(F)CC2)cc1C(N)=O. The van der Waals surface area contributed by atoms with Gasteiger partial charge in [0.15, 0.2) is 0 Å². The molecule has 0 saturated heterocycles. The predicted octanol–water partition coefficient (Wildman–Crippen LogP) is 6.40. The first-order valence-electron chi connectivity index (χ1n) is 15.2. The van der Waals surface area contributed by atoms with E-state index in [4.69, 9.17) is 15.8 Å². The number of fused-ring (bicyclic) bond motifs is 1. The second-order valence-electron chi connectivity index (χ2n) is 13.1. The highest BCUT2D eigenvalue weighted by molar-refractivity contribution is 5.91. The molecule has 2 atom stereocenters. The molecule has 3 fully saturated rings. The van der Waals surface area contributed by atoms with E-state index in [1.807, 2.05) is 32.0 Å². The van der Waals surface area contributed by atoms with Crippen molar-refractivity contribution in [2.75, 3.05) is 0 Å². The van der Waals surface area contributed by atoms with E-state index in [0.29, 0.717) is 17.0 Å². The lowest BCUT2D eigenvalue weighted by atomic mass is 9.77. The van der Waals surface area contributed by atoms with Crippen LogP contribution in [0, 0.1) is 17.8 Å². The van der Waals surface area contributed by atoms with E-state index >= 15 is 0 Å². The molecule has 3 aliphatic carbocycles. The summed E-state index contributed by atoms with van der Waals surface area (Å²) >= 11 is 0. The van der Waals surface area contributed by atoms with Crippen LogP contribution in [-0.4, -0.2) is 43.4 Å². The van der Waals surface area contributed by atoms with Gasteiger partial charge in [-0.15, -0.1) is 0 Å². The lowest BCUT2D eigenvalue weighted by Crippen LogP contribution is -2.39. The largest absolute Gasteiger partial charge is 0.364 e. The van der Waals surface area contributed by atoms with Crippen molar-refractivity contribution in [1.82, 2.24) is 25.1 Å². The lowest BCUT2D eigenvalue weighted by molar-refractivity contribution is -0.134. The number of benzene rings is 1. The molecule has 0 aliphatic heterocycles. The van der Waals surface area contributed by atoms with Crippen molar-refractivity contribution in [3.8, 4) is 0 Å². The lowest BCUT2D eigenvalue weighted by Gasteiger charge is -2.34. The number of H-pyrrole nitrogens is 1. The average molecular weight is 603 g/mol. The van der Waals surface area contributed by atoms with Crippen LogP contribution >= 0.6 is 0 Å². The number of hydrogen-bond acceptors (Lipinski definition) is 4. The van der Waals surface area contributed by atoms with Crippen molar-refractivity contribution < 1.29 is 27.2 Å². The highest BCUT2D eigenvalue weighted by Crippen LogP contribution is 2.46. The highest BCUT2D eigenvalue weighted by Gasteiger charge is 2.46. The van der Waals surface area contributed by atoms with Crippen molar-refractivity contribution in [1.29, 1.82) is 0 Å². The van der Waals surface area contributed by atoms with E-state index < -0.39 is 23.7 Å². The molecule has 3 aliphatic rings. The van der Waals surface area contributed by atoms with Gasteiger partial charge in [-0.05, 0) is 81.0 Å². The van der Waals surface area contributed by atoms with Crippen LogP contribution in [0.5, 0.6) is 0 Å². The first kappa shape index (κ1) is 29.6. The molecule has 12 heteroatoms. The van der Waals surface area contributed by atoms with E-state index in [-0.39, 0.29) is 86.4 Å². The van der Waals surface area contributed by atoms with Crippen LogP contribution < -0.4 is 11.1 Å². The Balaban J connectivity index is 1.30. The molecule has 43 heavy (non-hydrogen) atoms. The summed E-state index contributed by atoms with van der Waals surface area (Å²) in [6, 6.07) is 7.01. The fourth-order valence-electron chi connectivity index (χ4n) is 6.86. The van der Waals surface area contributed by atoms with Gasteiger partial charge in [-0.1, -0.05) is 6.07 Å². The summed E-state index contributed by atoms with van der Waals surface area (Å²) in [6.07, 6.45) is 1.64. The number of alkyl halides is 4. The molecule has 0 unspecified atom stereocenters. The fourth-order valence-corrected chi connectivity index (χ4v) is 6.86. The standard InChI is InChI=1S/C31H38F4N6O2/c1-16(2)41-24(28(36)43)13-23(40-41)26(18-7-9-30(32,33)10-8-18)29-37-21-6-5-20(12-22(21)38-29)27(19-3-4-19)39-25(42)11-17-14-31(34,35)15-17/h5-6,12-13,16-19,26-27H,3-4,7-11,14-15H2,1-2H3,(H2,36,43)(H,37,38)(H,39,42)/t26-,27-/m0/s1. The number of imidazole rings is 1. The van der Waals surface area contributed by atoms with Crippen molar-refractivity contribution >= 4 is 22.8 Å². The van der Waals surface area contributed by atoms with Crippen LogP contribution in [0.4, 0.5) is 17.6 Å². The number of rotatable bonds is 10. The summed E-state index contributed by atoms with van der Waals surface area (Å²) in [7, 11) is 0. The molecule has 0 bridgehead atoms. The quantitative estimate of drug-likeness (QED) is 0.233. The molecule has 2 heterocycles. The van der Waals surface area contributed by atoms with Crippen molar-refractivity contribution in [3.63, 3.8) is 0 Å². The van der Waals surface area contributed by atoms with Crippen LogP contribution in [0.15, 0.2) is 24.3 Å². The summed E-state index contributed by atoms with van der Waals surface area (Å²) < 4.78 is 56.4. The van der Waals surface area contributed by atoms with Gasteiger partial charge >= 0.3 is 0 Å². The normalized spacial score (nSPS) is 21.9. The predicted molar refractivity (Wildman–Crippen MR) is 152 cm³/mol. The van der Waals surface area contributed by atoms with Crippen molar-refractivity contribution in [2.24, 2.45) is 23.5 Å². The third kappa shape index (κ3) is 6.28. The number of hydrogen-bond donors (Lipinski definition) is 3. The van der Waals surface area contributed by atoms with Crippen LogP contribution in [-0.2, 0) is 4.79 Å². The van der Waals surface area contributed by atoms with Gasteiger partial charge in [0, 0.05) is 38.1 Å². The number of aromatic amines is 1. The monoisotopic (exact) mass is 602 g/mol. The number of primary amides is 1. The third-order valence-electron chi connectivity index (χ3n) is 9.28. The van der Waals surface area contributed by atoms with E-state index in [2.05, 4.69) is 10.3 Å². The number of nitrogens with zero attached hydrogens (tertiary/aromatic N) is 3. The Bertz CT molecular complexity index is 1510. The highest BCUT2D eigenvalue weighted by atomic mass is 19.3. The topological polar surface area (TPSA) is 119 Å². The summed E-state index contributed by atoms with van der Waals surface area (Å²) in [5.41, 5.74) is 8.77. The number of carbonyl (C=O) groups excluding carboxylic acids is 2. The minimum atomic E-state index is -2.71. The Morgan fingerprint density at radius 3 is 2.33 bits per heavy atom. The van der Waals surface area contributed by atoms with Gasteiger partial charge in [0.25, 0.3) is 5.91 Å². The van der Waals surface area contributed by atoms with Crippen molar-refractivity contribution in [3.05, 3.63) is 47.0 Å². The molecule has 0 spiro atoms. The van der Waals surface area contributed by atoms with Gasteiger partial charge in [-0.25, -0.2) is 22.5 Å². The number of aromatic nitrogens is 4. The van der Waals surface area contributed by atoms with E-state index in [0.717, 1.165) is 23.9 Å². The van der Waals surface area contributed by atoms with Crippen molar-refractivity contribution in [2.45, 2.75) is 101 Å². The molecule has 1 aromatic carbocycles. The minimum absolute atomic E-state index is 0.0910. The Morgan fingerprint density at radius 1 is 1.05 bits per heavy atom. The second-order valence-corrected chi connectivity index (χ2v) is 13.1. The molecule has 2 amide bonds. The number of halogens is 4. The maximum absolute atomic E-state index is 14.1. The minimum Gasteiger partial charge on any atom is -0.364 e. The summed E-state index contributed by atoms with van der Waals surface area (Å²) in [5.74, 6) is -6.27. The first-order valence-corrected chi connectivity index (χ1v) is 15.2. The van der Waals surface area contributed by atoms with E-state index in [1.54, 1.807) is 10.7 Å². The zero-order valence-corrected chi connectivity index (χ0v) is 24.4. The number of nitrogens with two attached hydrogens (primary N) is 1. The number of amides is 2. The Kier molecular flexibility index (Phi) is 7.53. The Labute approximate surface area is 247 Å². The summed E-state index contributed by atoms with van der Waals surface area (Å²) in [5, 5.41) is 7.80. The van der Waals surface area contributed by atoms with Crippen LogP contribution in [0.1, 0.15) is 117 Å². The zero-order valence-electron chi connectivity index (χ0n) is 24.4. The molecule has 232 valence electrons. The maximum Gasteiger partial charge on any atom is 0.266 e. The van der Waals surface area contributed by atoms with Gasteiger partial charge in [0.2, 0.25) is 17.8 Å². The average Bonchev–Trinajstić information content (AvgIpc) is 3.50. The van der Waals surface area contributed by atoms with Crippen LogP contribution in [0.2, 0.25) is 0 Å². The number of carbonyl (C=O) groups is 2. The second kappa shape index (κ2) is 10.9. The maximum atomic E-state index is 14.1. The molecule has 8 nitrogen and oxygen atoms in total. The van der Waals surface area contributed by atoms with Gasteiger partial charge in [-0.2, -0.15) is 5.10 Å². The van der Waals surface area contributed by atoms with Gasteiger partial charge in [-0.3, -0.25) is 14.3 Å². The first-order chi connectivity index (χ1) is 20.3. The molecular weight excluding hydrogens is 564 g/mol. The molecule has 6 rings (SSSR count). The fraction of sp³-hybridized carbons (Fsp3) is 0.613. The summed E-state index contributed by atoms with van der Waals surface area (Å²) in [4.78, 5) is 33.2. The Hall–Kier alpha value is -3.44. The molecule has 3 aromatic rings. The van der Waals surface area contributed by atoms with E-state index in [1.165, 1.54) is 0 Å². The Morgan fingerprint density at radius 2 is 1.74 bits per heavy atom.